The number of rotatable bonds is 7. The minimum Gasteiger partial charge on any atom is -0.383 e. The maximum absolute atomic E-state index is 11.7. The predicted molar refractivity (Wildman–Crippen MR) is 83.1 cm³/mol. The lowest BCUT2D eigenvalue weighted by molar-refractivity contribution is -0.122. The summed E-state index contributed by atoms with van der Waals surface area (Å²) in [5.41, 5.74) is 1.02. The first kappa shape index (κ1) is 14.4. The molecular weight excluding hydrogens is 264 g/mol. The highest BCUT2D eigenvalue weighted by molar-refractivity contribution is 5.76. The number of amides is 1. The van der Waals surface area contributed by atoms with Crippen molar-refractivity contribution in [1.82, 2.24) is 15.1 Å². The molecule has 0 saturated heterocycles. The summed E-state index contributed by atoms with van der Waals surface area (Å²) < 4.78 is 1.71. The van der Waals surface area contributed by atoms with Crippen molar-refractivity contribution in [3.05, 3.63) is 12.4 Å². The van der Waals surface area contributed by atoms with Crippen LogP contribution in [0.15, 0.2) is 12.4 Å². The average molecular weight is 290 g/mol. The highest BCUT2D eigenvalue weighted by Crippen LogP contribution is 2.26. The molecule has 1 aromatic heterocycles. The van der Waals surface area contributed by atoms with Gasteiger partial charge in [-0.25, -0.2) is 0 Å². The molecule has 2 fully saturated rings. The van der Waals surface area contributed by atoms with Crippen LogP contribution >= 0.6 is 0 Å². The van der Waals surface area contributed by atoms with Crippen LogP contribution in [0, 0.1) is 5.92 Å². The van der Waals surface area contributed by atoms with Crippen LogP contribution in [0.25, 0.3) is 0 Å². The summed E-state index contributed by atoms with van der Waals surface area (Å²) >= 11 is 0. The van der Waals surface area contributed by atoms with Crippen LogP contribution in [0.2, 0.25) is 0 Å². The molecule has 0 radical (unpaired) electrons. The van der Waals surface area contributed by atoms with Gasteiger partial charge in [-0.2, -0.15) is 5.10 Å². The monoisotopic (exact) mass is 290 g/mol. The van der Waals surface area contributed by atoms with Crippen LogP contribution in [0.5, 0.6) is 0 Å². The summed E-state index contributed by atoms with van der Waals surface area (Å²) in [7, 11) is 0. The Morgan fingerprint density at radius 3 is 2.81 bits per heavy atom. The molecule has 1 aromatic rings. The van der Waals surface area contributed by atoms with E-state index >= 15 is 0 Å². The summed E-state index contributed by atoms with van der Waals surface area (Å²) in [5, 5.41) is 10.6. The highest BCUT2D eigenvalue weighted by Gasteiger charge is 2.23. The number of nitrogens with one attached hydrogen (secondary N) is 2. The standard InChI is InChI=1S/C16H26N4O/c21-16(19-14-6-7-14)12-20-11-15(10-18-20)17-9-8-13-4-2-1-3-5-13/h10-11,13-14,17H,1-9,12H2,(H,19,21). The van der Waals surface area contributed by atoms with Gasteiger partial charge in [0.1, 0.15) is 6.54 Å². The normalized spacial score (nSPS) is 19.4. The predicted octanol–water partition coefficient (Wildman–Crippen LogP) is 2.54. The lowest BCUT2D eigenvalue weighted by atomic mass is 9.87. The molecule has 2 aliphatic carbocycles. The van der Waals surface area contributed by atoms with Gasteiger partial charge in [0.15, 0.2) is 0 Å². The summed E-state index contributed by atoms with van der Waals surface area (Å²) in [5.74, 6) is 0.958. The second-order valence-electron chi connectivity index (χ2n) is 6.49. The van der Waals surface area contributed by atoms with Crippen LogP contribution in [0.3, 0.4) is 0 Å². The van der Waals surface area contributed by atoms with Gasteiger partial charge in [-0.15, -0.1) is 0 Å². The molecular formula is C16H26N4O. The van der Waals surface area contributed by atoms with Gasteiger partial charge in [0.05, 0.1) is 11.9 Å². The summed E-state index contributed by atoms with van der Waals surface area (Å²) in [6, 6.07) is 0.418. The van der Waals surface area contributed by atoms with Gasteiger partial charge in [0, 0.05) is 18.8 Å². The molecule has 1 heterocycles. The smallest absolute Gasteiger partial charge is 0.241 e. The fourth-order valence-electron chi connectivity index (χ4n) is 3.09. The molecule has 5 heteroatoms. The van der Waals surface area contributed by atoms with E-state index in [9.17, 15) is 4.79 Å². The first-order chi connectivity index (χ1) is 10.3. The Morgan fingerprint density at radius 2 is 2.05 bits per heavy atom. The molecule has 0 aliphatic heterocycles. The largest absolute Gasteiger partial charge is 0.383 e. The molecule has 21 heavy (non-hydrogen) atoms. The van der Waals surface area contributed by atoms with Gasteiger partial charge in [-0.05, 0) is 25.2 Å². The zero-order valence-electron chi connectivity index (χ0n) is 12.7. The summed E-state index contributed by atoms with van der Waals surface area (Å²) in [6.45, 7) is 1.32. The third kappa shape index (κ3) is 4.76. The number of hydrogen-bond donors (Lipinski definition) is 2. The second kappa shape index (κ2) is 6.96. The van der Waals surface area contributed by atoms with Crippen LogP contribution in [0.4, 0.5) is 5.69 Å². The van der Waals surface area contributed by atoms with Gasteiger partial charge in [-0.1, -0.05) is 32.1 Å². The van der Waals surface area contributed by atoms with E-state index in [2.05, 4.69) is 15.7 Å². The number of nitrogens with zero attached hydrogens (tertiary/aromatic N) is 2. The van der Waals surface area contributed by atoms with Crippen molar-refractivity contribution in [3.8, 4) is 0 Å². The van der Waals surface area contributed by atoms with Crippen LogP contribution in [-0.4, -0.2) is 28.3 Å². The van der Waals surface area contributed by atoms with E-state index in [1.165, 1.54) is 38.5 Å². The van der Waals surface area contributed by atoms with Gasteiger partial charge in [-0.3, -0.25) is 9.48 Å². The quantitative estimate of drug-likeness (QED) is 0.811. The fourth-order valence-corrected chi connectivity index (χ4v) is 3.09. The average Bonchev–Trinajstić information content (AvgIpc) is 3.18. The molecule has 0 atom stereocenters. The maximum Gasteiger partial charge on any atom is 0.241 e. The molecule has 1 amide bonds. The number of carbonyl (C=O) groups excluding carboxylic acids is 1. The van der Waals surface area contributed by atoms with Crippen LogP contribution in [-0.2, 0) is 11.3 Å². The topological polar surface area (TPSA) is 59.0 Å². The van der Waals surface area contributed by atoms with Crippen molar-refractivity contribution in [2.24, 2.45) is 5.92 Å². The van der Waals surface area contributed by atoms with Crippen LogP contribution < -0.4 is 10.6 Å². The van der Waals surface area contributed by atoms with E-state index in [0.717, 1.165) is 31.0 Å². The Hall–Kier alpha value is -1.52. The molecule has 5 nitrogen and oxygen atoms in total. The van der Waals surface area contributed by atoms with Crippen molar-refractivity contribution < 1.29 is 4.79 Å². The van der Waals surface area contributed by atoms with E-state index in [0.29, 0.717) is 12.6 Å². The van der Waals surface area contributed by atoms with Crippen molar-refractivity contribution in [2.45, 2.75) is 64.0 Å². The third-order valence-corrected chi connectivity index (χ3v) is 4.49. The molecule has 0 bridgehead atoms. The number of carbonyl (C=O) groups is 1. The van der Waals surface area contributed by atoms with Crippen molar-refractivity contribution in [1.29, 1.82) is 0 Å². The minimum absolute atomic E-state index is 0.0642. The Labute approximate surface area is 126 Å². The molecule has 0 aromatic carbocycles. The molecule has 2 N–H and O–H groups in total. The molecule has 2 saturated carbocycles. The Morgan fingerprint density at radius 1 is 1.24 bits per heavy atom. The number of hydrogen-bond acceptors (Lipinski definition) is 3. The first-order valence-electron chi connectivity index (χ1n) is 8.35. The van der Waals surface area contributed by atoms with E-state index in [1.807, 2.05) is 12.4 Å². The van der Waals surface area contributed by atoms with Crippen molar-refractivity contribution in [3.63, 3.8) is 0 Å². The van der Waals surface area contributed by atoms with Gasteiger partial charge in [0.2, 0.25) is 5.91 Å². The number of aromatic nitrogens is 2. The fraction of sp³-hybridized carbons (Fsp3) is 0.750. The molecule has 3 rings (SSSR count). The third-order valence-electron chi connectivity index (χ3n) is 4.49. The zero-order chi connectivity index (χ0) is 14.5. The SMILES string of the molecule is O=C(Cn1cc(NCCC2CCCCC2)cn1)NC1CC1. The maximum atomic E-state index is 11.7. The van der Waals surface area contributed by atoms with Gasteiger partial charge in [0.25, 0.3) is 0 Å². The zero-order valence-corrected chi connectivity index (χ0v) is 12.7. The Kier molecular flexibility index (Phi) is 4.78. The van der Waals surface area contributed by atoms with Crippen molar-refractivity contribution in [2.75, 3.05) is 11.9 Å². The van der Waals surface area contributed by atoms with Crippen molar-refractivity contribution >= 4 is 11.6 Å². The summed E-state index contributed by atoms with van der Waals surface area (Å²) in [4.78, 5) is 11.7. The first-order valence-corrected chi connectivity index (χ1v) is 8.35. The van der Waals surface area contributed by atoms with Crippen LogP contribution in [0.1, 0.15) is 51.4 Å². The minimum atomic E-state index is 0.0642. The molecule has 0 unspecified atom stereocenters. The molecule has 2 aliphatic rings. The van der Waals surface area contributed by atoms with E-state index in [-0.39, 0.29) is 5.91 Å². The van der Waals surface area contributed by atoms with E-state index in [4.69, 9.17) is 0 Å². The highest BCUT2D eigenvalue weighted by atomic mass is 16.2. The number of anilines is 1. The Balaban J connectivity index is 1.36. The lowest BCUT2D eigenvalue weighted by Crippen LogP contribution is -2.29. The molecule has 116 valence electrons. The van der Waals surface area contributed by atoms with E-state index < -0.39 is 0 Å². The van der Waals surface area contributed by atoms with E-state index in [1.54, 1.807) is 4.68 Å². The summed E-state index contributed by atoms with van der Waals surface area (Å²) in [6.07, 6.45) is 14.2. The van der Waals surface area contributed by atoms with Gasteiger partial charge >= 0.3 is 0 Å². The lowest BCUT2D eigenvalue weighted by Gasteiger charge is -2.21. The second-order valence-corrected chi connectivity index (χ2v) is 6.49. The molecule has 0 spiro atoms. The van der Waals surface area contributed by atoms with Gasteiger partial charge < -0.3 is 10.6 Å². The Bertz CT molecular complexity index is 461.